The highest BCUT2D eigenvalue weighted by molar-refractivity contribution is 5.68. The Kier molecular flexibility index (Phi) is 5.58. The summed E-state index contributed by atoms with van der Waals surface area (Å²) in [6.07, 6.45) is 1.69. The fourth-order valence-corrected chi connectivity index (χ4v) is 3.11. The second kappa shape index (κ2) is 7.90. The van der Waals surface area contributed by atoms with E-state index in [2.05, 4.69) is 5.16 Å². The van der Waals surface area contributed by atoms with Crippen LogP contribution in [0.15, 0.2) is 34.9 Å². The fraction of sp³-hybridized carbons (Fsp3) is 0.500. The third kappa shape index (κ3) is 5.15. The number of nitrogens with two attached hydrogens (primary N) is 1. The fourth-order valence-electron chi connectivity index (χ4n) is 3.11. The summed E-state index contributed by atoms with van der Waals surface area (Å²) in [5, 5.41) is 3.73. The Morgan fingerprint density at radius 2 is 2.15 bits per heavy atom. The van der Waals surface area contributed by atoms with Gasteiger partial charge < -0.3 is 24.6 Å². The highest BCUT2D eigenvalue weighted by Crippen LogP contribution is 2.31. The molecule has 1 saturated heterocycles. The molecule has 3 rings (SSSR count). The van der Waals surface area contributed by atoms with E-state index in [1.807, 2.05) is 45.0 Å². The summed E-state index contributed by atoms with van der Waals surface area (Å²) < 4.78 is 16.8. The third-order valence-electron chi connectivity index (χ3n) is 4.33. The Balaban J connectivity index is 1.61. The Labute approximate surface area is 159 Å². The predicted octanol–water partition coefficient (Wildman–Crippen LogP) is 3.95. The minimum Gasteiger partial charge on any atom is -0.492 e. The first-order valence-electron chi connectivity index (χ1n) is 9.24. The minimum atomic E-state index is -0.488. The molecule has 27 heavy (non-hydrogen) atoms. The van der Waals surface area contributed by atoms with E-state index >= 15 is 0 Å². The van der Waals surface area contributed by atoms with Crippen LogP contribution in [0.1, 0.15) is 33.6 Å². The van der Waals surface area contributed by atoms with Gasteiger partial charge in [-0.25, -0.2) is 4.79 Å². The molecule has 1 aliphatic heterocycles. The average Bonchev–Trinajstić information content (AvgIpc) is 3.05. The van der Waals surface area contributed by atoms with Crippen molar-refractivity contribution >= 4 is 11.9 Å². The van der Waals surface area contributed by atoms with Crippen LogP contribution < -0.4 is 10.5 Å². The number of nitrogen functional groups attached to an aromatic ring is 1. The van der Waals surface area contributed by atoms with Crippen molar-refractivity contribution in [1.82, 2.24) is 10.1 Å². The summed E-state index contributed by atoms with van der Waals surface area (Å²) >= 11 is 0. The molecule has 7 heteroatoms. The zero-order valence-electron chi connectivity index (χ0n) is 16.1. The van der Waals surface area contributed by atoms with Crippen molar-refractivity contribution in [3.8, 4) is 17.1 Å². The van der Waals surface area contributed by atoms with Crippen molar-refractivity contribution in [2.45, 2.75) is 39.2 Å². The normalized spacial score (nSPS) is 17.6. The molecule has 2 aromatic rings. The first kappa shape index (κ1) is 19.1. The van der Waals surface area contributed by atoms with E-state index < -0.39 is 5.60 Å². The molecule has 1 aliphatic rings. The molecule has 0 aliphatic carbocycles. The summed E-state index contributed by atoms with van der Waals surface area (Å²) in [7, 11) is 0. The number of nitrogens with zero attached hydrogens (tertiary/aromatic N) is 2. The summed E-state index contributed by atoms with van der Waals surface area (Å²) in [6.45, 7) is 7.50. The maximum atomic E-state index is 12.3. The monoisotopic (exact) mass is 373 g/mol. The topological polar surface area (TPSA) is 90.8 Å². The van der Waals surface area contributed by atoms with E-state index in [1.165, 1.54) is 0 Å². The lowest BCUT2D eigenvalue weighted by Crippen LogP contribution is -2.44. The number of likely N-dealkylation sites (tertiary alicyclic amines) is 1. The molecule has 7 nitrogen and oxygen atoms in total. The van der Waals surface area contributed by atoms with Gasteiger partial charge in [0.25, 0.3) is 0 Å². The number of anilines is 1. The van der Waals surface area contributed by atoms with Crippen molar-refractivity contribution in [1.29, 1.82) is 0 Å². The van der Waals surface area contributed by atoms with Crippen molar-refractivity contribution in [3.63, 3.8) is 0 Å². The molecule has 2 heterocycles. The average molecular weight is 373 g/mol. The number of para-hydroxylation sites is 1. The molecule has 1 fully saturated rings. The van der Waals surface area contributed by atoms with Crippen LogP contribution in [0, 0.1) is 5.92 Å². The molecule has 1 atom stereocenters. The molecule has 0 radical (unpaired) electrons. The molecule has 2 N–H and O–H groups in total. The molecule has 0 saturated carbocycles. The first-order chi connectivity index (χ1) is 12.8. The number of hydrogen-bond donors (Lipinski definition) is 1. The largest absolute Gasteiger partial charge is 0.492 e. The van der Waals surface area contributed by atoms with Gasteiger partial charge in [0.05, 0.1) is 12.2 Å². The number of piperidine rings is 1. The maximum absolute atomic E-state index is 12.3. The van der Waals surface area contributed by atoms with Crippen molar-refractivity contribution in [2.24, 2.45) is 5.92 Å². The van der Waals surface area contributed by atoms with Crippen LogP contribution in [0.4, 0.5) is 10.6 Å². The molecular weight excluding hydrogens is 346 g/mol. The van der Waals surface area contributed by atoms with Gasteiger partial charge in [-0.05, 0) is 45.7 Å². The van der Waals surface area contributed by atoms with Gasteiger partial charge in [-0.1, -0.05) is 17.3 Å². The van der Waals surface area contributed by atoms with Crippen LogP contribution in [0.3, 0.4) is 0 Å². The lowest BCUT2D eigenvalue weighted by atomic mass is 9.99. The van der Waals surface area contributed by atoms with E-state index in [-0.39, 0.29) is 12.0 Å². The van der Waals surface area contributed by atoms with Crippen LogP contribution in [0.25, 0.3) is 11.3 Å². The van der Waals surface area contributed by atoms with Gasteiger partial charge >= 0.3 is 6.09 Å². The summed E-state index contributed by atoms with van der Waals surface area (Å²) in [4.78, 5) is 14.1. The lowest BCUT2D eigenvalue weighted by Gasteiger charge is -2.34. The van der Waals surface area contributed by atoms with E-state index in [9.17, 15) is 4.79 Å². The van der Waals surface area contributed by atoms with Crippen molar-refractivity contribution in [3.05, 3.63) is 30.3 Å². The lowest BCUT2D eigenvalue weighted by molar-refractivity contribution is 0.0139. The molecular formula is C20H27N3O4. The zero-order chi connectivity index (χ0) is 19.4. The molecule has 0 spiro atoms. The summed E-state index contributed by atoms with van der Waals surface area (Å²) in [6, 6.07) is 9.29. The molecule has 1 amide bonds. The Morgan fingerprint density at radius 1 is 1.37 bits per heavy atom. The highest BCUT2D eigenvalue weighted by atomic mass is 16.6. The van der Waals surface area contributed by atoms with E-state index in [0.29, 0.717) is 30.5 Å². The zero-order valence-corrected chi connectivity index (χ0v) is 16.1. The van der Waals surface area contributed by atoms with Crippen molar-refractivity contribution in [2.75, 3.05) is 25.4 Å². The van der Waals surface area contributed by atoms with E-state index in [1.54, 1.807) is 11.0 Å². The molecule has 1 aromatic carbocycles. The van der Waals surface area contributed by atoms with Crippen LogP contribution in [0.2, 0.25) is 0 Å². The molecule has 1 unspecified atom stereocenters. The number of hydrogen-bond acceptors (Lipinski definition) is 6. The third-order valence-corrected chi connectivity index (χ3v) is 4.33. The van der Waals surface area contributed by atoms with Gasteiger partial charge in [0, 0.05) is 25.1 Å². The summed E-state index contributed by atoms with van der Waals surface area (Å²) in [5.74, 6) is 1.87. The Hall–Kier alpha value is -2.70. The Morgan fingerprint density at radius 3 is 2.85 bits per heavy atom. The van der Waals surface area contributed by atoms with Gasteiger partial charge in [-0.3, -0.25) is 0 Å². The van der Waals surface area contributed by atoms with Crippen LogP contribution in [-0.4, -0.2) is 41.4 Å². The number of aromatic nitrogens is 1. The highest BCUT2D eigenvalue weighted by Gasteiger charge is 2.28. The van der Waals surface area contributed by atoms with Crippen molar-refractivity contribution < 1.29 is 18.8 Å². The second-order valence-electron chi connectivity index (χ2n) is 7.86. The standard InChI is InChI=1S/C20H27N3O4/c1-20(2,3)26-19(24)23-10-6-7-14(12-23)13-25-16-9-5-4-8-15(16)17-11-18(21)22-27-17/h4-5,8-9,11,14H,6-7,10,12-13H2,1-3H3,(H2,21,22). The van der Waals surface area contributed by atoms with Gasteiger partial charge in [0.2, 0.25) is 0 Å². The first-order valence-corrected chi connectivity index (χ1v) is 9.24. The number of ether oxygens (including phenoxy) is 2. The van der Waals surface area contributed by atoms with E-state index in [0.717, 1.165) is 24.9 Å². The summed E-state index contributed by atoms with van der Waals surface area (Å²) in [5.41, 5.74) is 5.97. The number of amides is 1. The van der Waals surface area contributed by atoms with Gasteiger partial charge in [-0.2, -0.15) is 0 Å². The van der Waals surface area contributed by atoms with Crippen LogP contribution >= 0.6 is 0 Å². The number of carbonyl (C=O) groups excluding carboxylic acids is 1. The quantitative estimate of drug-likeness (QED) is 0.872. The minimum absolute atomic E-state index is 0.249. The van der Waals surface area contributed by atoms with Crippen LogP contribution in [-0.2, 0) is 4.74 Å². The van der Waals surface area contributed by atoms with Gasteiger partial charge in [0.1, 0.15) is 11.4 Å². The van der Waals surface area contributed by atoms with Gasteiger partial charge in [0.15, 0.2) is 11.6 Å². The predicted molar refractivity (Wildman–Crippen MR) is 102 cm³/mol. The SMILES string of the molecule is CC(C)(C)OC(=O)N1CCCC(COc2ccccc2-c2cc(N)no2)C1. The Bertz CT molecular complexity index is 782. The smallest absolute Gasteiger partial charge is 0.410 e. The van der Waals surface area contributed by atoms with Gasteiger partial charge in [-0.15, -0.1) is 0 Å². The maximum Gasteiger partial charge on any atom is 0.410 e. The number of carbonyl (C=O) groups is 1. The van der Waals surface area contributed by atoms with E-state index in [4.69, 9.17) is 19.7 Å². The molecule has 0 bridgehead atoms. The number of benzene rings is 1. The number of rotatable bonds is 4. The van der Waals surface area contributed by atoms with Crippen LogP contribution in [0.5, 0.6) is 5.75 Å². The molecule has 146 valence electrons. The molecule has 1 aromatic heterocycles. The second-order valence-corrected chi connectivity index (χ2v) is 7.86.